The van der Waals surface area contributed by atoms with Crippen LogP contribution in [0.2, 0.25) is 0 Å². The Morgan fingerprint density at radius 2 is 1.81 bits per heavy atom. The summed E-state index contributed by atoms with van der Waals surface area (Å²) in [5.41, 5.74) is 0.953. The van der Waals surface area contributed by atoms with Crippen molar-refractivity contribution >= 4 is 21.7 Å². The van der Waals surface area contributed by atoms with E-state index in [-0.39, 0.29) is 6.42 Å². The summed E-state index contributed by atoms with van der Waals surface area (Å²) in [4.78, 5) is 22.9. The number of sulfone groups is 1. The zero-order valence-electron chi connectivity index (χ0n) is 11.9. The molecule has 2 unspecified atom stereocenters. The van der Waals surface area contributed by atoms with E-state index in [0.29, 0.717) is 6.42 Å². The van der Waals surface area contributed by atoms with Gasteiger partial charge >= 0.3 is 5.97 Å². The molecule has 2 atom stereocenters. The van der Waals surface area contributed by atoms with Gasteiger partial charge in [-0.2, -0.15) is 0 Å². The second kappa shape index (κ2) is 7.21. The minimum absolute atomic E-state index is 0.196. The smallest absolute Gasteiger partial charge is 0.326 e. The fraction of sp³-hybridized carbons (Fsp3) is 0.429. The second-order valence-corrected chi connectivity index (χ2v) is 7.26. The summed E-state index contributed by atoms with van der Waals surface area (Å²) in [6.07, 6.45) is 1.61. The summed E-state index contributed by atoms with van der Waals surface area (Å²) in [6, 6.07) is 8.15. The normalized spacial score (nSPS) is 14.2. The summed E-state index contributed by atoms with van der Waals surface area (Å²) in [5, 5.41) is 10.1. The number of rotatable bonds is 7. The van der Waals surface area contributed by atoms with Crippen LogP contribution >= 0.6 is 0 Å². The Bertz CT molecular complexity index is 597. The van der Waals surface area contributed by atoms with E-state index in [1.165, 1.54) is 6.92 Å². The largest absolute Gasteiger partial charge is 0.480 e. The molecule has 0 saturated heterocycles. The summed E-state index contributed by atoms with van der Waals surface area (Å²) in [7, 11) is -3.55. The number of hydrogen-bond donors (Lipinski definition) is 2. The average molecular weight is 313 g/mol. The first kappa shape index (κ1) is 17.2. The Kier molecular flexibility index (Phi) is 5.90. The second-order valence-electron chi connectivity index (χ2n) is 4.90. The van der Waals surface area contributed by atoms with Crippen LogP contribution in [0.3, 0.4) is 0 Å². The zero-order chi connectivity index (χ0) is 16.0. The number of benzene rings is 1. The van der Waals surface area contributed by atoms with Crippen LogP contribution in [0, 0.1) is 0 Å². The first-order valence-electron chi connectivity index (χ1n) is 6.47. The molecule has 0 saturated carbocycles. The zero-order valence-corrected chi connectivity index (χ0v) is 12.8. The molecule has 1 aromatic rings. The maximum atomic E-state index is 11.8. The Morgan fingerprint density at radius 1 is 1.24 bits per heavy atom. The first-order chi connectivity index (χ1) is 9.71. The molecule has 0 spiro atoms. The molecule has 0 aliphatic rings. The van der Waals surface area contributed by atoms with E-state index in [1.54, 1.807) is 0 Å². The van der Waals surface area contributed by atoms with Crippen LogP contribution in [0.15, 0.2) is 30.3 Å². The highest BCUT2D eigenvalue weighted by molar-refractivity contribution is 7.92. The fourth-order valence-corrected chi connectivity index (χ4v) is 2.15. The van der Waals surface area contributed by atoms with Gasteiger partial charge in [-0.1, -0.05) is 30.3 Å². The molecule has 6 nitrogen and oxygen atoms in total. The number of aliphatic carboxylic acids is 1. The number of nitrogens with one attached hydrogen (secondary N) is 1. The predicted octanol–water partition coefficient (Wildman–Crippen LogP) is 0.622. The molecule has 0 aromatic heterocycles. The van der Waals surface area contributed by atoms with Crippen LogP contribution in [0.25, 0.3) is 0 Å². The van der Waals surface area contributed by atoms with Gasteiger partial charge in [0.25, 0.3) is 0 Å². The van der Waals surface area contributed by atoms with Crippen molar-refractivity contribution in [1.29, 1.82) is 0 Å². The van der Waals surface area contributed by atoms with E-state index in [9.17, 15) is 18.0 Å². The first-order valence-corrected chi connectivity index (χ1v) is 8.43. The number of amides is 1. The lowest BCUT2D eigenvalue weighted by Crippen LogP contribution is -2.46. The molecular weight excluding hydrogens is 294 g/mol. The van der Waals surface area contributed by atoms with Crippen molar-refractivity contribution in [1.82, 2.24) is 5.32 Å². The summed E-state index contributed by atoms with van der Waals surface area (Å²) < 4.78 is 22.6. The molecular formula is C14H19NO5S. The molecule has 7 heteroatoms. The Balaban J connectivity index is 2.66. The quantitative estimate of drug-likeness (QED) is 0.768. The van der Waals surface area contributed by atoms with Crippen molar-refractivity contribution in [2.75, 3.05) is 6.26 Å². The lowest BCUT2D eigenvalue weighted by Gasteiger charge is -2.17. The van der Waals surface area contributed by atoms with Crippen molar-refractivity contribution in [3.05, 3.63) is 35.9 Å². The van der Waals surface area contributed by atoms with Gasteiger partial charge in [0.05, 0.1) is 0 Å². The fourth-order valence-electron chi connectivity index (χ4n) is 1.70. The number of carboxylic acid groups (broad SMARTS) is 1. The van der Waals surface area contributed by atoms with E-state index in [2.05, 4.69) is 5.32 Å². The van der Waals surface area contributed by atoms with Gasteiger partial charge in [-0.15, -0.1) is 0 Å². The maximum Gasteiger partial charge on any atom is 0.326 e. The van der Waals surface area contributed by atoms with E-state index >= 15 is 0 Å². The van der Waals surface area contributed by atoms with E-state index in [4.69, 9.17) is 5.11 Å². The molecule has 1 aromatic carbocycles. The lowest BCUT2D eigenvalue weighted by atomic mass is 10.1. The van der Waals surface area contributed by atoms with Crippen molar-refractivity contribution in [2.45, 2.75) is 31.1 Å². The van der Waals surface area contributed by atoms with Gasteiger partial charge in [-0.3, -0.25) is 4.79 Å². The minimum Gasteiger partial charge on any atom is -0.480 e. The lowest BCUT2D eigenvalue weighted by molar-refractivity contribution is -0.141. The van der Waals surface area contributed by atoms with Crippen LogP contribution in [-0.4, -0.2) is 42.9 Å². The van der Waals surface area contributed by atoms with Crippen LogP contribution in [0.1, 0.15) is 18.9 Å². The minimum atomic E-state index is -3.55. The van der Waals surface area contributed by atoms with Crippen LogP contribution in [0.4, 0.5) is 0 Å². The van der Waals surface area contributed by atoms with E-state index in [0.717, 1.165) is 11.8 Å². The topological polar surface area (TPSA) is 101 Å². The van der Waals surface area contributed by atoms with Gasteiger partial charge in [0.15, 0.2) is 9.84 Å². The third-order valence-electron chi connectivity index (χ3n) is 3.19. The molecule has 0 heterocycles. The van der Waals surface area contributed by atoms with Gasteiger partial charge in [0.2, 0.25) is 5.91 Å². The highest BCUT2D eigenvalue weighted by atomic mass is 32.2. The van der Waals surface area contributed by atoms with Gasteiger partial charge < -0.3 is 10.4 Å². The SMILES string of the molecule is CC(C(=O)NC(CCc1ccccc1)C(=O)O)S(C)(=O)=O. The monoisotopic (exact) mass is 313 g/mol. The van der Waals surface area contributed by atoms with E-state index in [1.807, 2.05) is 30.3 Å². The molecule has 0 aliphatic carbocycles. The van der Waals surface area contributed by atoms with Gasteiger partial charge in [-0.25, -0.2) is 13.2 Å². The highest BCUT2D eigenvalue weighted by Gasteiger charge is 2.28. The number of aryl methyl sites for hydroxylation is 1. The number of hydrogen-bond acceptors (Lipinski definition) is 4. The Hall–Kier alpha value is -1.89. The Labute approximate surface area is 124 Å². The van der Waals surface area contributed by atoms with Crippen molar-refractivity contribution in [3.8, 4) is 0 Å². The van der Waals surface area contributed by atoms with E-state index < -0.39 is 33.0 Å². The number of carbonyl (C=O) groups excluding carboxylic acids is 1. The third-order valence-corrected chi connectivity index (χ3v) is 4.69. The molecule has 116 valence electrons. The summed E-state index contributed by atoms with van der Waals surface area (Å²) in [5.74, 6) is -1.97. The maximum absolute atomic E-state index is 11.8. The summed E-state index contributed by atoms with van der Waals surface area (Å²) >= 11 is 0. The van der Waals surface area contributed by atoms with Gasteiger partial charge in [-0.05, 0) is 25.3 Å². The molecule has 0 fully saturated rings. The molecule has 21 heavy (non-hydrogen) atoms. The summed E-state index contributed by atoms with van der Waals surface area (Å²) in [6.45, 7) is 1.24. The molecule has 0 bridgehead atoms. The molecule has 1 amide bonds. The molecule has 2 N–H and O–H groups in total. The number of carboxylic acids is 1. The van der Waals surface area contributed by atoms with Crippen molar-refractivity contribution in [3.63, 3.8) is 0 Å². The predicted molar refractivity (Wildman–Crippen MR) is 78.6 cm³/mol. The number of carbonyl (C=O) groups is 2. The molecule has 1 rings (SSSR count). The molecule has 0 aliphatic heterocycles. The van der Waals surface area contributed by atoms with Crippen LogP contribution in [-0.2, 0) is 25.8 Å². The van der Waals surface area contributed by atoms with Crippen molar-refractivity contribution < 1.29 is 23.1 Å². The van der Waals surface area contributed by atoms with Crippen LogP contribution < -0.4 is 5.32 Å². The van der Waals surface area contributed by atoms with Gasteiger partial charge in [0.1, 0.15) is 11.3 Å². The van der Waals surface area contributed by atoms with Crippen LogP contribution in [0.5, 0.6) is 0 Å². The molecule has 0 radical (unpaired) electrons. The standard InChI is InChI=1S/C14H19NO5S/c1-10(21(2,19)20)13(16)15-12(14(17)18)9-8-11-6-4-3-5-7-11/h3-7,10,12H,8-9H2,1-2H3,(H,15,16)(H,17,18). The van der Waals surface area contributed by atoms with Gasteiger partial charge in [0, 0.05) is 6.26 Å². The Morgan fingerprint density at radius 3 is 2.29 bits per heavy atom. The third kappa shape index (κ3) is 5.55. The average Bonchev–Trinajstić information content (AvgIpc) is 2.42. The van der Waals surface area contributed by atoms with Crippen molar-refractivity contribution in [2.24, 2.45) is 0 Å². The highest BCUT2D eigenvalue weighted by Crippen LogP contribution is 2.06.